The summed E-state index contributed by atoms with van der Waals surface area (Å²) in [5.74, 6) is 1.00. The average molecular weight is 543 g/mol. The molecule has 0 saturated carbocycles. The molecule has 1 aliphatic heterocycles. The smallest absolute Gasteiger partial charge is 0.415 e. The summed E-state index contributed by atoms with van der Waals surface area (Å²) < 4.78 is 17.2. The molecular formula is C32H34N2O6. The van der Waals surface area contributed by atoms with Gasteiger partial charge in [-0.2, -0.15) is 0 Å². The summed E-state index contributed by atoms with van der Waals surface area (Å²) in [6, 6.07) is 26.0. The molecule has 3 aromatic carbocycles. The van der Waals surface area contributed by atoms with Gasteiger partial charge in [-0.1, -0.05) is 56.0 Å². The summed E-state index contributed by atoms with van der Waals surface area (Å²) >= 11 is 0. The third-order valence-electron chi connectivity index (χ3n) is 6.86. The molecule has 0 unspecified atom stereocenters. The third-order valence-corrected chi connectivity index (χ3v) is 6.86. The molecule has 8 nitrogen and oxygen atoms in total. The SMILES string of the molecule is C.Cc1oc(-c2ccccc2)nc1CCOc1ccc(C[C@@H]2C[C@H](C(=O)O)CN2C(=O)Oc2ccccc2)cc1. The highest BCUT2D eigenvalue weighted by molar-refractivity contribution is 5.76. The predicted molar refractivity (Wildman–Crippen MR) is 151 cm³/mol. The van der Waals surface area contributed by atoms with Crippen LogP contribution in [0.3, 0.4) is 0 Å². The number of ether oxygens (including phenoxy) is 2. The Morgan fingerprint density at radius 3 is 2.33 bits per heavy atom. The second kappa shape index (κ2) is 13.0. The van der Waals surface area contributed by atoms with Crippen molar-refractivity contribution in [2.24, 2.45) is 5.92 Å². The monoisotopic (exact) mass is 542 g/mol. The first-order valence-electron chi connectivity index (χ1n) is 13.0. The quantitative estimate of drug-likeness (QED) is 0.260. The number of aliphatic carboxylic acids is 1. The van der Waals surface area contributed by atoms with Crippen LogP contribution in [0.25, 0.3) is 11.5 Å². The number of nitrogens with zero attached hydrogens (tertiary/aromatic N) is 2. The first-order valence-corrected chi connectivity index (χ1v) is 13.0. The van der Waals surface area contributed by atoms with Crippen molar-refractivity contribution in [3.8, 4) is 23.0 Å². The highest BCUT2D eigenvalue weighted by Crippen LogP contribution is 2.28. The fraction of sp³-hybridized carbons (Fsp3) is 0.281. The van der Waals surface area contributed by atoms with Gasteiger partial charge in [-0.05, 0) is 61.7 Å². The van der Waals surface area contributed by atoms with Crippen LogP contribution < -0.4 is 9.47 Å². The molecule has 1 saturated heterocycles. The van der Waals surface area contributed by atoms with E-state index in [4.69, 9.17) is 13.9 Å². The average Bonchev–Trinajstić information content (AvgIpc) is 3.54. The third kappa shape index (κ3) is 6.88. The molecule has 1 fully saturated rings. The minimum Gasteiger partial charge on any atom is -0.493 e. The van der Waals surface area contributed by atoms with Crippen LogP contribution in [0.15, 0.2) is 89.3 Å². The van der Waals surface area contributed by atoms with Gasteiger partial charge >= 0.3 is 12.1 Å². The Kier molecular flexibility index (Phi) is 9.22. The van der Waals surface area contributed by atoms with E-state index in [0.717, 1.165) is 28.3 Å². The fourth-order valence-corrected chi connectivity index (χ4v) is 4.78. The van der Waals surface area contributed by atoms with E-state index in [2.05, 4.69) is 4.98 Å². The maximum Gasteiger partial charge on any atom is 0.415 e. The number of aryl methyl sites for hydroxylation is 1. The van der Waals surface area contributed by atoms with Crippen molar-refractivity contribution < 1.29 is 28.6 Å². The Hall–Kier alpha value is -4.59. The van der Waals surface area contributed by atoms with E-state index in [1.807, 2.05) is 67.6 Å². The summed E-state index contributed by atoms with van der Waals surface area (Å²) in [5, 5.41) is 9.56. The normalized spacial score (nSPS) is 16.3. The number of benzene rings is 3. The van der Waals surface area contributed by atoms with Crippen LogP contribution in [0.4, 0.5) is 4.79 Å². The van der Waals surface area contributed by atoms with Gasteiger partial charge in [-0.3, -0.25) is 4.79 Å². The Bertz CT molecular complexity index is 1400. The van der Waals surface area contributed by atoms with Crippen molar-refractivity contribution in [2.45, 2.75) is 39.7 Å². The Balaban J connectivity index is 0.00000370. The number of carbonyl (C=O) groups excluding carboxylic acids is 1. The maximum atomic E-state index is 12.9. The lowest BCUT2D eigenvalue weighted by molar-refractivity contribution is -0.141. The van der Waals surface area contributed by atoms with Crippen molar-refractivity contribution in [3.05, 3.63) is 102 Å². The molecule has 4 aromatic rings. The van der Waals surface area contributed by atoms with E-state index >= 15 is 0 Å². The Morgan fingerprint density at radius 2 is 1.65 bits per heavy atom. The minimum atomic E-state index is -0.906. The topological polar surface area (TPSA) is 102 Å². The van der Waals surface area contributed by atoms with Crippen LogP contribution in [0, 0.1) is 12.8 Å². The molecule has 1 amide bonds. The molecule has 40 heavy (non-hydrogen) atoms. The van der Waals surface area contributed by atoms with Gasteiger partial charge in [-0.25, -0.2) is 9.78 Å². The number of likely N-dealkylation sites (tertiary alicyclic amines) is 1. The molecule has 208 valence electrons. The summed E-state index contributed by atoms with van der Waals surface area (Å²) in [7, 11) is 0. The molecule has 1 N–H and O–H groups in total. The van der Waals surface area contributed by atoms with Crippen molar-refractivity contribution >= 4 is 12.1 Å². The molecule has 0 aliphatic carbocycles. The van der Waals surface area contributed by atoms with Gasteiger partial charge in [0.25, 0.3) is 0 Å². The highest BCUT2D eigenvalue weighted by Gasteiger charge is 2.39. The lowest BCUT2D eigenvalue weighted by Gasteiger charge is -2.24. The summed E-state index contributed by atoms with van der Waals surface area (Å²) in [5.41, 5.74) is 2.78. The number of carbonyl (C=O) groups is 2. The van der Waals surface area contributed by atoms with Crippen LogP contribution in [0.5, 0.6) is 11.5 Å². The summed E-state index contributed by atoms with van der Waals surface area (Å²) in [6.07, 6.45) is 0.975. The van der Waals surface area contributed by atoms with Gasteiger partial charge in [-0.15, -0.1) is 0 Å². The fourth-order valence-electron chi connectivity index (χ4n) is 4.78. The molecule has 0 radical (unpaired) electrons. The van der Waals surface area contributed by atoms with Crippen molar-refractivity contribution in [1.29, 1.82) is 0 Å². The van der Waals surface area contributed by atoms with Crippen LogP contribution in [-0.4, -0.2) is 46.2 Å². The minimum absolute atomic E-state index is 0. The van der Waals surface area contributed by atoms with E-state index in [9.17, 15) is 14.7 Å². The molecular weight excluding hydrogens is 508 g/mol. The predicted octanol–water partition coefficient (Wildman–Crippen LogP) is 6.42. The van der Waals surface area contributed by atoms with Gasteiger partial charge in [0.15, 0.2) is 0 Å². The number of oxazole rings is 1. The van der Waals surface area contributed by atoms with Crippen LogP contribution in [-0.2, 0) is 17.6 Å². The molecule has 5 rings (SSSR count). The van der Waals surface area contributed by atoms with Crippen LogP contribution >= 0.6 is 0 Å². The second-order valence-electron chi connectivity index (χ2n) is 9.59. The largest absolute Gasteiger partial charge is 0.493 e. The lowest BCUT2D eigenvalue weighted by atomic mass is 10.00. The van der Waals surface area contributed by atoms with E-state index in [1.165, 1.54) is 4.90 Å². The molecule has 1 aliphatic rings. The zero-order valence-corrected chi connectivity index (χ0v) is 21.7. The number of aromatic nitrogens is 1. The Morgan fingerprint density at radius 1 is 0.975 bits per heavy atom. The van der Waals surface area contributed by atoms with Crippen LogP contribution in [0.2, 0.25) is 0 Å². The Labute approximate surface area is 234 Å². The number of hydrogen-bond acceptors (Lipinski definition) is 6. The van der Waals surface area contributed by atoms with Gasteiger partial charge in [0.2, 0.25) is 5.89 Å². The summed E-state index contributed by atoms with van der Waals surface area (Å²) in [6.45, 7) is 2.48. The van der Waals surface area contributed by atoms with Gasteiger partial charge in [0.05, 0.1) is 18.2 Å². The summed E-state index contributed by atoms with van der Waals surface area (Å²) in [4.78, 5) is 30.7. The molecule has 2 heterocycles. The zero-order chi connectivity index (χ0) is 27.2. The molecule has 0 spiro atoms. The highest BCUT2D eigenvalue weighted by atomic mass is 16.6. The van der Waals surface area contributed by atoms with Gasteiger partial charge in [0, 0.05) is 24.6 Å². The zero-order valence-electron chi connectivity index (χ0n) is 21.7. The number of carboxylic acid groups (broad SMARTS) is 1. The number of hydrogen-bond donors (Lipinski definition) is 1. The standard InChI is InChI=1S/C31H30N2O6.CH4/c1-21-28(32-29(38-21)23-8-4-2-5-9-23)16-17-37-26-14-12-22(13-15-26)18-25-19-24(30(34)35)20-33(25)31(36)39-27-10-6-3-7-11-27;/h2-15,24-25H,16-20H2,1H3,(H,34,35);1H4/t24-,25+;/m0./s1. The van der Waals surface area contributed by atoms with Crippen molar-refractivity contribution in [1.82, 2.24) is 9.88 Å². The first-order chi connectivity index (χ1) is 19.0. The van der Waals surface area contributed by atoms with Crippen molar-refractivity contribution in [2.75, 3.05) is 13.2 Å². The van der Waals surface area contributed by atoms with E-state index in [0.29, 0.717) is 37.5 Å². The van der Waals surface area contributed by atoms with E-state index < -0.39 is 18.0 Å². The number of carboxylic acids is 1. The number of para-hydroxylation sites is 1. The number of rotatable bonds is 9. The molecule has 1 aromatic heterocycles. The second-order valence-corrected chi connectivity index (χ2v) is 9.59. The first kappa shape index (κ1) is 28.4. The number of amides is 1. The maximum absolute atomic E-state index is 12.9. The van der Waals surface area contributed by atoms with E-state index in [1.54, 1.807) is 24.3 Å². The molecule has 2 atom stereocenters. The molecule has 0 bridgehead atoms. The van der Waals surface area contributed by atoms with Crippen LogP contribution in [0.1, 0.15) is 30.9 Å². The van der Waals surface area contributed by atoms with Crippen molar-refractivity contribution in [3.63, 3.8) is 0 Å². The molecule has 8 heteroatoms. The van der Waals surface area contributed by atoms with E-state index in [-0.39, 0.29) is 20.0 Å². The van der Waals surface area contributed by atoms with Gasteiger partial charge < -0.3 is 23.9 Å². The van der Waals surface area contributed by atoms with Gasteiger partial charge in [0.1, 0.15) is 17.3 Å². The lowest BCUT2D eigenvalue weighted by Crippen LogP contribution is -2.39.